The molecule has 7 heteroatoms. The van der Waals surface area contributed by atoms with Gasteiger partial charge in [-0.2, -0.15) is 0 Å². The molecule has 0 radical (unpaired) electrons. The van der Waals surface area contributed by atoms with Crippen molar-refractivity contribution in [2.24, 2.45) is 5.14 Å². The number of carbonyl (C=O) groups is 1. The molecule has 0 spiro atoms. The number of primary sulfonamides is 1. The minimum Gasteiger partial charge on any atom is -0.337 e. The SMILES string of the molecule is Cc1ncccc1C(=O)N1CCCC(S(N)(=O)=O)C1. The summed E-state index contributed by atoms with van der Waals surface area (Å²) < 4.78 is 22.8. The lowest BCUT2D eigenvalue weighted by Crippen LogP contribution is -2.47. The molecule has 1 aliphatic heterocycles. The van der Waals surface area contributed by atoms with E-state index >= 15 is 0 Å². The molecule has 1 unspecified atom stereocenters. The molecule has 2 N–H and O–H groups in total. The third kappa shape index (κ3) is 3.10. The summed E-state index contributed by atoms with van der Waals surface area (Å²) >= 11 is 0. The van der Waals surface area contributed by atoms with Gasteiger partial charge in [0.25, 0.3) is 5.91 Å². The Bertz CT molecular complexity index is 586. The van der Waals surface area contributed by atoms with E-state index in [-0.39, 0.29) is 12.5 Å². The number of piperidine rings is 1. The first kappa shape index (κ1) is 14.0. The Hall–Kier alpha value is -1.47. The lowest BCUT2D eigenvalue weighted by Gasteiger charge is -2.31. The number of pyridine rings is 1. The normalized spacial score (nSPS) is 20.3. The molecule has 1 amide bonds. The molecule has 2 rings (SSSR count). The Kier molecular flexibility index (Phi) is 3.86. The van der Waals surface area contributed by atoms with Crippen LogP contribution in [-0.2, 0) is 10.0 Å². The van der Waals surface area contributed by atoms with E-state index < -0.39 is 15.3 Å². The van der Waals surface area contributed by atoms with E-state index in [1.54, 1.807) is 30.2 Å². The van der Waals surface area contributed by atoms with E-state index in [4.69, 9.17) is 5.14 Å². The molecule has 1 atom stereocenters. The van der Waals surface area contributed by atoms with E-state index in [0.717, 1.165) is 0 Å². The summed E-state index contributed by atoms with van der Waals surface area (Å²) in [6.07, 6.45) is 2.77. The molecular formula is C12H17N3O3S. The first-order valence-electron chi connectivity index (χ1n) is 6.12. The number of aryl methyl sites for hydroxylation is 1. The van der Waals surface area contributed by atoms with Crippen LogP contribution in [0.4, 0.5) is 0 Å². The van der Waals surface area contributed by atoms with Gasteiger partial charge in [0.2, 0.25) is 10.0 Å². The van der Waals surface area contributed by atoms with E-state index in [9.17, 15) is 13.2 Å². The van der Waals surface area contributed by atoms with Crippen molar-refractivity contribution in [1.29, 1.82) is 0 Å². The summed E-state index contributed by atoms with van der Waals surface area (Å²) in [6, 6.07) is 3.40. The van der Waals surface area contributed by atoms with Crippen LogP contribution in [0.15, 0.2) is 18.3 Å². The summed E-state index contributed by atoms with van der Waals surface area (Å²) in [5.41, 5.74) is 1.16. The van der Waals surface area contributed by atoms with Crippen LogP contribution >= 0.6 is 0 Å². The van der Waals surface area contributed by atoms with E-state index in [0.29, 0.717) is 30.6 Å². The number of hydrogen-bond acceptors (Lipinski definition) is 4. The number of rotatable bonds is 2. The van der Waals surface area contributed by atoms with Gasteiger partial charge in [-0.05, 0) is 31.9 Å². The number of aromatic nitrogens is 1. The Morgan fingerprint density at radius 2 is 2.26 bits per heavy atom. The molecule has 6 nitrogen and oxygen atoms in total. The average molecular weight is 283 g/mol. The van der Waals surface area contributed by atoms with E-state index in [1.165, 1.54) is 0 Å². The summed E-state index contributed by atoms with van der Waals surface area (Å²) in [7, 11) is -3.59. The molecule has 1 aliphatic rings. The van der Waals surface area contributed by atoms with Crippen molar-refractivity contribution < 1.29 is 13.2 Å². The largest absolute Gasteiger partial charge is 0.337 e. The van der Waals surface area contributed by atoms with Gasteiger partial charge < -0.3 is 4.90 Å². The van der Waals surface area contributed by atoms with Crippen LogP contribution in [0.2, 0.25) is 0 Å². The standard InChI is InChI=1S/C12H17N3O3S/c1-9-11(5-2-6-14-9)12(16)15-7-3-4-10(8-15)19(13,17)18/h2,5-6,10H,3-4,7-8H2,1H3,(H2,13,17,18). The van der Waals surface area contributed by atoms with Crippen molar-refractivity contribution >= 4 is 15.9 Å². The number of carbonyl (C=O) groups excluding carboxylic acids is 1. The number of amides is 1. The minimum absolute atomic E-state index is 0.159. The van der Waals surface area contributed by atoms with Gasteiger partial charge in [-0.25, -0.2) is 13.6 Å². The zero-order valence-electron chi connectivity index (χ0n) is 10.7. The highest BCUT2D eigenvalue weighted by atomic mass is 32.2. The molecule has 0 saturated carbocycles. The Balaban J connectivity index is 2.19. The molecule has 0 aliphatic carbocycles. The maximum atomic E-state index is 12.3. The molecule has 2 heterocycles. The van der Waals surface area contributed by atoms with Crippen LogP contribution < -0.4 is 5.14 Å². The molecular weight excluding hydrogens is 266 g/mol. The molecule has 104 valence electrons. The fourth-order valence-corrected chi connectivity index (χ4v) is 3.15. The maximum Gasteiger partial charge on any atom is 0.255 e. The van der Waals surface area contributed by atoms with Gasteiger partial charge in [-0.15, -0.1) is 0 Å². The molecule has 1 aromatic heterocycles. The Morgan fingerprint density at radius 1 is 1.53 bits per heavy atom. The van der Waals surface area contributed by atoms with Gasteiger partial charge in [-0.3, -0.25) is 9.78 Å². The third-order valence-corrected chi connectivity index (χ3v) is 4.68. The van der Waals surface area contributed by atoms with Crippen molar-refractivity contribution in [2.45, 2.75) is 25.0 Å². The second-order valence-electron chi connectivity index (χ2n) is 4.74. The van der Waals surface area contributed by atoms with Gasteiger partial charge in [0.15, 0.2) is 0 Å². The molecule has 1 fully saturated rings. The van der Waals surface area contributed by atoms with Crippen molar-refractivity contribution in [2.75, 3.05) is 13.1 Å². The summed E-state index contributed by atoms with van der Waals surface area (Å²) in [5.74, 6) is -0.182. The Morgan fingerprint density at radius 3 is 2.89 bits per heavy atom. The fourth-order valence-electron chi connectivity index (χ4n) is 2.27. The molecule has 19 heavy (non-hydrogen) atoms. The predicted molar refractivity (Wildman–Crippen MR) is 71.0 cm³/mol. The fraction of sp³-hybridized carbons (Fsp3) is 0.500. The second-order valence-corrected chi connectivity index (χ2v) is 6.59. The maximum absolute atomic E-state index is 12.3. The topological polar surface area (TPSA) is 93.4 Å². The molecule has 1 aromatic rings. The van der Waals surface area contributed by atoms with Gasteiger partial charge >= 0.3 is 0 Å². The van der Waals surface area contributed by atoms with Crippen LogP contribution in [0.5, 0.6) is 0 Å². The second kappa shape index (κ2) is 5.26. The van der Waals surface area contributed by atoms with E-state index in [2.05, 4.69) is 4.98 Å². The van der Waals surface area contributed by atoms with Crippen molar-refractivity contribution in [3.8, 4) is 0 Å². The highest BCUT2D eigenvalue weighted by Gasteiger charge is 2.31. The highest BCUT2D eigenvalue weighted by molar-refractivity contribution is 7.89. The van der Waals surface area contributed by atoms with Crippen LogP contribution in [0, 0.1) is 6.92 Å². The molecule has 0 aromatic carbocycles. The van der Waals surface area contributed by atoms with Crippen molar-refractivity contribution in [3.63, 3.8) is 0 Å². The van der Waals surface area contributed by atoms with Crippen LogP contribution in [0.1, 0.15) is 28.9 Å². The predicted octanol–water partition coefficient (Wildman–Crippen LogP) is 0.283. The number of nitrogens with zero attached hydrogens (tertiary/aromatic N) is 2. The number of nitrogens with two attached hydrogens (primary N) is 1. The average Bonchev–Trinajstić information content (AvgIpc) is 2.38. The summed E-state index contributed by atoms with van der Waals surface area (Å²) in [4.78, 5) is 18.0. The van der Waals surface area contributed by atoms with E-state index in [1.807, 2.05) is 0 Å². The summed E-state index contributed by atoms with van der Waals surface area (Å²) in [5, 5.41) is 4.50. The first-order valence-corrected chi connectivity index (χ1v) is 7.73. The smallest absolute Gasteiger partial charge is 0.255 e. The zero-order valence-corrected chi connectivity index (χ0v) is 11.6. The van der Waals surface area contributed by atoms with Crippen molar-refractivity contribution in [1.82, 2.24) is 9.88 Å². The zero-order chi connectivity index (χ0) is 14.0. The first-order chi connectivity index (χ1) is 8.89. The minimum atomic E-state index is -3.59. The number of sulfonamides is 1. The number of likely N-dealkylation sites (tertiary alicyclic amines) is 1. The third-order valence-electron chi connectivity index (χ3n) is 3.37. The van der Waals surface area contributed by atoms with Crippen molar-refractivity contribution in [3.05, 3.63) is 29.6 Å². The van der Waals surface area contributed by atoms with Gasteiger partial charge in [-0.1, -0.05) is 0 Å². The highest BCUT2D eigenvalue weighted by Crippen LogP contribution is 2.18. The monoisotopic (exact) mass is 283 g/mol. The Labute approximate surface area is 112 Å². The van der Waals surface area contributed by atoms with Crippen LogP contribution in [0.25, 0.3) is 0 Å². The molecule has 0 bridgehead atoms. The molecule has 1 saturated heterocycles. The van der Waals surface area contributed by atoms with Gasteiger partial charge in [0.05, 0.1) is 10.8 Å². The number of hydrogen-bond donors (Lipinski definition) is 1. The van der Waals surface area contributed by atoms with Gasteiger partial charge in [0.1, 0.15) is 0 Å². The lowest BCUT2D eigenvalue weighted by molar-refractivity contribution is 0.0725. The van der Waals surface area contributed by atoms with Gasteiger partial charge in [0, 0.05) is 25.0 Å². The van der Waals surface area contributed by atoms with Crippen LogP contribution in [0.3, 0.4) is 0 Å². The summed E-state index contributed by atoms with van der Waals surface area (Å²) in [6.45, 7) is 2.47. The van der Waals surface area contributed by atoms with Crippen LogP contribution in [-0.4, -0.2) is 42.5 Å². The quantitative estimate of drug-likeness (QED) is 0.843. The lowest BCUT2D eigenvalue weighted by atomic mass is 10.1.